The van der Waals surface area contributed by atoms with Gasteiger partial charge in [-0.05, 0) is 67.2 Å². The van der Waals surface area contributed by atoms with E-state index in [1.807, 2.05) is 18.2 Å². The highest BCUT2D eigenvalue weighted by Crippen LogP contribution is 2.39. The predicted octanol–water partition coefficient (Wildman–Crippen LogP) is 7.62. The Morgan fingerprint density at radius 2 is 1.00 bits per heavy atom. The maximum absolute atomic E-state index is 13.9. The van der Waals surface area contributed by atoms with Crippen molar-refractivity contribution in [2.45, 2.75) is 124 Å². The lowest BCUT2D eigenvalue weighted by atomic mass is 9.78. The third-order valence-electron chi connectivity index (χ3n) is 7.58. The monoisotopic (exact) mass is 542 g/mol. The number of aromatic nitrogens is 1. The van der Waals surface area contributed by atoms with Gasteiger partial charge in [0.1, 0.15) is 0 Å². The van der Waals surface area contributed by atoms with E-state index in [2.05, 4.69) is 117 Å². The third-order valence-corrected chi connectivity index (χ3v) is 7.58. The summed E-state index contributed by atoms with van der Waals surface area (Å²) in [5, 5.41) is 27.7. The minimum Gasteiger partial charge on any atom is -0.872 e. The fraction of sp³-hybridized carbons (Fsp3) is 0.528. The van der Waals surface area contributed by atoms with Gasteiger partial charge in [0.05, 0.1) is 5.69 Å². The lowest BCUT2D eigenvalue weighted by molar-refractivity contribution is -0.271. The molecule has 4 heteroatoms. The molecule has 0 unspecified atom stereocenters. The second-order valence-corrected chi connectivity index (χ2v) is 15.5. The Labute approximate surface area is 243 Å². The molecule has 0 radical (unpaired) electrons. The minimum atomic E-state index is -0.274. The second kappa shape index (κ2) is 11.2. The van der Waals surface area contributed by atoms with Gasteiger partial charge in [-0.2, -0.15) is 0 Å². The van der Waals surface area contributed by atoms with Gasteiger partial charge in [-0.1, -0.05) is 113 Å². The van der Waals surface area contributed by atoms with Crippen LogP contribution in [-0.4, -0.2) is 9.88 Å². The summed E-state index contributed by atoms with van der Waals surface area (Å²) in [6.07, 6.45) is 1.79. The van der Waals surface area contributed by atoms with Crippen molar-refractivity contribution >= 4 is 0 Å². The molecule has 0 saturated carbocycles. The summed E-state index contributed by atoms with van der Waals surface area (Å²) in [4.78, 5) is 6.78. The lowest BCUT2D eigenvalue weighted by Crippen LogP contribution is -2.27. The van der Waals surface area contributed by atoms with Crippen LogP contribution in [0.15, 0.2) is 48.7 Å². The zero-order valence-corrected chi connectivity index (χ0v) is 27.0. The van der Waals surface area contributed by atoms with Crippen molar-refractivity contribution in [1.29, 1.82) is 0 Å². The summed E-state index contributed by atoms with van der Waals surface area (Å²) < 4.78 is 0. The van der Waals surface area contributed by atoms with Crippen LogP contribution in [0, 0.1) is 0 Å². The first-order chi connectivity index (χ1) is 18.2. The van der Waals surface area contributed by atoms with Gasteiger partial charge in [-0.25, -0.2) is 0 Å². The summed E-state index contributed by atoms with van der Waals surface area (Å²) in [6, 6.07) is 14.2. The van der Waals surface area contributed by atoms with Crippen LogP contribution in [0.5, 0.6) is 11.5 Å². The normalized spacial score (nSPS) is 13.2. The molecular weight excluding hydrogens is 492 g/mol. The Bertz CT molecular complexity index is 1230. The van der Waals surface area contributed by atoms with Crippen molar-refractivity contribution in [2.75, 3.05) is 0 Å². The van der Waals surface area contributed by atoms with E-state index in [0.29, 0.717) is 19.6 Å². The molecule has 3 rings (SSSR count). The standard InChI is InChI=1S/C36H52N2O2/c1-33(2,3)26-17-24(31(39)29(19-26)35(7,8)9)21-38(23-28-15-13-14-16-37-28)22-25-18-27(34(4,5)6)20-30(32(25)40)36(10,11)12/h13-20,39-40H,21-23H2,1-12H3/p-2. The van der Waals surface area contributed by atoms with Crippen LogP contribution in [-0.2, 0) is 41.3 Å². The number of nitrogens with zero attached hydrogens (tertiary/aromatic N) is 2. The van der Waals surface area contributed by atoms with Gasteiger partial charge >= 0.3 is 0 Å². The van der Waals surface area contributed by atoms with Gasteiger partial charge in [-0.3, -0.25) is 9.88 Å². The number of hydrogen-bond acceptors (Lipinski definition) is 4. The van der Waals surface area contributed by atoms with Crippen LogP contribution < -0.4 is 10.2 Å². The van der Waals surface area contributed by atoms with Crippen LogP contribution in [0.3, 0.4) is 0 Å². The van der Waals surface area contributed by atoms with Crippen LogP contribution in [0.4, 0.5) is 0 Å². The minimum absolute atomic E-state index is 0.0905. The van der Waals surface area contributed by atoms with E-state index in [1.54, 1.807) is 6.20 Å². The SMILES string of the molecule is CC(C)(C)c1cc(CN(Cc2ccccn2)Cc2cc(C(C)(C)C)cc(C(C)(C)C)c2[O-])c([O-])c(C(C)(C)C)c1. The molecule has 0 aliphatic carbocycles. The summed E-state index contributed by atoms with van der Waals surface area (Å²) in [5.41, 5.74) is 5.68. The molecule has 2 aromatic carbocycles. The largest absolute Gasteiger partial charge is 0.872 e. The van der Waals surface area contributed by atoms with Crippen molar-refractivity contribution in [2.24, 2.45) is 0 Å². The average molecular weight is 543 g/mol. The van der Waals surface area contributed by atoms with Crippen molar-refractivity contribution in [1.82, 2.24) is 9.88 Å². The van der Waals surface area contributed by atoms with E-state index in [1.165, 1.54) is 0 Å². The Morgan fingerprint density at radius 1 is 0.575 bits per heavy atom. The summed E-state index contributed by atoms with van der Waals surface area (Å²) in [7, 11) is 0. The highest BCUT2D eigenvalue weighted by Gasteiger charge is 2.25. The first kappa shape index (κ1) is 31.7. The first-order valence-corrected chi connectivity index (χ1v) is 14.5. The molecule has 1 aromatic heterocycles. The van der Waals surface area contributed by atoms with Gasteiger partial charge in [-0.15, -0.1) is 11.5 Å². The van der Waals surface area contributed by atoms with E-state index in [0.717, 1.165) is 39.1 Å². The van der Waals surface area contributed by atoms with Crippen LogP contribution in [0.1, 0.15) is 122 Å². The molecule has 1 heterocycles. The van der Waals surface area contributed by atoms with Gasteiger partial charge in [0, 0.05) is 25.8 Å². The van der Waals surface area contributed by atoms with Gasteiger partial charge in [0.2, 0.25) is 0 Å². The van der Waals surface area contributed by atoms with Gasteiger partial charge in [0.25, 0.3) is 0 Å². The molecule has 0 aliphatic heterocycles. The zero-order chi connectivity index (χ0) is 30.3. The Kier molecular flexibility index (Phi) is 8.87. The Hall–Kier alpha value is -2.85. The van der Waals surface area contributed by atoms with Crippen molar-refractivity contribution < 1.29 is 10.2 Å². The maximum atomic E-state index is 13.9. The molecule has 218 valence electrons. The van der Waals surface area contributed by atoms with Crippen LogP contribution in [0.25, 0.3) is 0 Å². The fourth-order valence-corrected chi connectivity index (χ4v) is 4.96. The van der Waals surface area contributed by atoms with E-state index in [-0.39, 0.29) is 33.2 Å². The van der Waals surface area contributed by atoms with Gasteiger partial charge in [0.15, 0.2) is 0 Å². The molecule has 0 fully saturated rings. The quantitative estimate of drug-likeness (QED) is 0.321. The van der Waals surface area contributed by atoms with E-state index < -0.39 is 0 Å². The molecule has 40 heavy (non-hydrogen) atoms. The lowest BCUT2D eigenvalue weighted by Gasteiger charge is -2.35. The first-order valence-electron chi connectivity index (χ1n) is 14.5. The second-order valence-electron chi connectivity index (χ2n) is 15.5. The third kappa shape index (κ3) is 7.66. The highest BCUT2D eigenvalue weighted by molar-refractivity contribution is 5.49. The number of benzene rings is 2. The molecule has 0 N–H and O–H groups in total. The topological polar surface area (TPSA) is 62.2 Å². The molecule has 0 atom stereocenters. The van der Waals surface area contributed by atoms with E-state index in [9.17, 15) is 10.2 Å². The van der Waals surface area contributed by atoms with Crippen molar-refractivity contribution in [3.63, 3.8) is 0 Å². The summed E-state index contributed by atoms with van der Waals surface area (Å²) >= 11 is 0. The number of hydrogen-bond donors (Lipinski definition) is 0. The molecule has 3 aromatic rings. The molecule has 0 saturated heterocycles. The molecule has 0 amide bonds. The Balaban J connectivity index is 2.17. The maximum Gasteiger partial charge on any atom is 0.0544 e. The summed E-state index contributed by atoms with van der Waals surface area (Å²) in [5.74, 6) is 0.181. The predicted molar refractivity (Wildman–Crippen MR) is 164 cm³/mol. The fourth-order valence-electron chi connectivity index (χ4n) is 4.96. The molecular formula is C36H50N2O2-2. The molecule has 4 nitrogen and oxygen atoms in total. The smallest absolute Gasteiger partial charge is 0.0544 e. The molecule has 0 spiro atoms. The Morgan fingerprint density at radius 3 is 1.32 bits per heavy atom. The van der Waals surface area contributed by atoms with E-state index in [4.69, 9.17) is 0 Å². The van der Waals surface area contributed by atoms with Crippen molar-refractivity contribution in [3.05, 3.63) is 87.7 Å². The van der Waals surface area contributed by atoms with Crippen LogP contribution in [0.2, 0.25) is 0 Å². The molecule has 0 aliphatic rings. The van der Waals surface area contributed by atoms with E-state index >= 15 is 0 Å². The summed E-state index contributed by atoms with van der Waals surface area (Å²) in [6.45, 7) is 27.1. The molecule has 0 bridgehead atoms. The number of rotatable bonds is 6. The highest BCUT2D eigenvalue weighted by atomic mass is 16.3. The average Bonchev–Trinajstić information content (AvgIpc) is 2.79. The zero-order valence-electron chi connectivity index (χ0n) is 27.0. The number of pyridine rings is 1. The van der Waals surface area contributed by atoms with Crippen molar-refractivity contribution in [3.8, 4) is 11.5 Å². The van der Waals surface area contributed by atoms with Crippen LogP contribution >= 0.6 is 0 Å². The van der Waals surface area contributed by atoms with Gasteiger partial charge < -0.3 is 10.2 Å².